The number of nitrogens with zero attached hydrogens (tertiary/aromatic N) is 2. The fourth-order valence-corrected chi connectivity index (χ4v) is 3.49. The standard InChI is InChI=1S/C22H23BrN4O4/c1-30-21-12-17(11-20(23)22(21)31-15-16-3-2-8-24-13-16)14-25-9-10-26-18-4-6-19(7-5-18)27(28)29/h2-8,11-13,25-26H,9-10,14-15H2,1H3. The van der Waals surface area contributed by atoms with Crippen molar-refractivity contribution in [1.29, 1.82) is 0 Å². The first kappa shape index (κ1) is 22.5. The maximum Gasteiger partial charge on any atom is 0.269 e. The molecule has 0 bridgehead atoms. The number of aromatic nitrogens is 1. The van der Waals surface area contributed by atoms with Gasteiger partial charge in [-0.3, -0.25) is 15.1 Å². The van der Waals surface area contributed by atoms with E-state index in [0.29, 0.717) is 31.2 Å². The molecule has 3 aromatic rings. The summed E-state index contributed by atoms with van der Waals surface area (Å²) in [5.74, 6) is 1.30. The van der Waals surface area contributed by atoms with Gasteiger partial charge < -0.3 is 20.1 Å². The molecule has 0 radical (unpaired) electrons. The Morgan fingerprint density at radius 1 is 1.13 bits per heavy atom. The molecule has 162 valence electrons. The minimum Gasteiger partial charge on any atom is -0.493 e. The number of pyridine rings is 1. The zero-order valence-electron chi connectivity index (χ0n) is 17.0. The van der Waals surface area contributed by atoms with Crippen LogP contribution in [0.4, 0.5) is 11.4 Å². The van der Waals surface area contributed by atoms with E-state index in [1.807, 2.05) is 24.3 Å². The Balaban J connectivity index is 1.48. The average molecular weight is 487 g/mol. The zero-order valence-corrected chi connectivity index (χ0v) is 18.6. The maximum atomic E-state index is 10.7. The fraction of sp³-hybridized carbons (Fsp3) is 0.227. The summed E-state index contributed by atoms with van der Waals surface area (Å²) in [7, 11) is 1.62. The zero-order chi connectivity index (χ0) is 22.1. The molecule has 1 heterocycles. The largest absolute Gasteiger partial charge is 0.493 e. The van der Waals surface area contributed by atoms with Gasteiger partial charge in [0, 0.05) is 55.4 Å². The lowest BCUT2D eigenvalue weighted by Crippen LogP contribution is -2.21. The number of anilines is 1. The molecule has 0 aliphatic carbocycles. The van der Waals surface area contributed by atoms with Crippen molar-refractivity contribution < 1.29 is 14.4 Å². The van der Waals surface area contributed by atoms with Crippen LogP contribution in [0.25, 0.3) is 0 Å². The lowest BCUT2D eigenvalue weighted by molar-refractivity contribution is -0.384. The fourth-order valence-electron chi connectivity index (χ4n) is 2.88. The molecule has 0 aliphatic rings. The molecule has 0 saturated heterocycles. The predicted octanol–water partition coefficient (Wildman–Crippen LogP) is 4.54. The van der Waals surface area contributed by atoms with Crippen molar-refractivity contribution in [3.8, 4) is 11.5 Å². The van der Waals surface area contributed by atoms with Gasteiger partial charge in [0.15, 0.2) is 11.5 Å². The van der Waals surface area contributed by atoms with Crippen molar-refractivity contribution in [2.75, 3.05) is 25.5 Å². The highest BCUT2D eigenvalue weighted by Gasteiger charge is 2.12. The number of methoxy groups -OCH3 is 1. The Bertz CT molecular complexity index is 1000. The van der Waals surface area contributed by atoms with Crippen LogP contribution >= 0.6 is 15.9 Å². The Morgan fingerprint density at radius 2 is 1.94 bits per heavy atom. The number of ether oxygens (including phenoxy) is 2. The number of hydrogen-bond acceptors (Lipinski definition) is 7. The number of rotatable bonds is 11. The third-order valence-corrected chi connectivity index (χ3v) is 5.02. The quantitative estimate of drug-likeness (QED) is 0.233. The van der Waals surface area contributed by atoms with E-state index in [1.165, 1.54) is 12.1 Å². The molecule has 0 atom stereocenters. The number of hydrogen-bond donors (Lipinski definition) is 2. The number of nitrogens with one attached hydrogen (secondary N) is 2. The molecule has 1 aromatic heterocycles. The van der Waals surface area contributed by atoms with Crippen LogP contribution in [-0.2, 0) is 13.2 Å². The number of halogens is 1. The molecule has 8 nitrogen and oxygen atoms in total. The van der Waals surface area contributed by atoms with Crippen LogP contribution in [0.15, 0.2) is 65.4 Å². The second kappa shape index (κ2) is 11.3. The third kappa shape index (κ3) is 6.66. The highest BCUT2D eigenvalue weighted by atomic mass is 79.9. The van der Waals surface area contributed by atoms with Gasteiger partial charge in [0.2, 0.25) is 0 Å². The van der Waals surface area contributed by atoms with E-state index in [4.69, 9.17) is 9.47 Å². The first-order valence-corrected chi connectivity index (χ1v) is 10.4. The van der Waals surface area contributed by atoms with Gasteiger partial charge in [-0.05, 0) is 51.8 Å². The van der Waals surface area contributed by atoms with Gasteiger partial charge in [0.05, 0.1) is 16.5 Å². The molecular formula is C22H23BrN4O4. The second-order valence-corrected chi connectivity index (χ2v) is 7.52. The first-order chi connectivity index (χ1) is 15.1. The van der Waals surface area contributed by atoms with Gasteiger partial charge in [-0.15, -0.1) is 0 Å². The Labute approximate surface area is 188 Å². The monoisotopic (exact) mass is 486 g/mol. The van der Waals surface area contributed by atoms with Crippen LogP contribution in [0.5, 0.6) is 11.5 Å². The molecule has 0 fully saturated rings. The number of benzene rings is 2. The topological polar surface area (TPSA) is 98.5 Å². The molecule has 2 aromatic carbocycles. The van der Waals surface area contributed by atoms with Crippen LogP contribution in [0.3, 0.4) is 0 Å². The van der Waals surface area contributed by atoms with Gasteiger partial charge in [0.25, 0.3) is 5.69 Å². The average Bonchev–Trinajstić information content (AvgIpc) is 2.78. The van der Waals surface area contributed by atoms with E-state index in [2.05, 4.69) is 31.5 Å². The molecule has 0 amide bonds. The van der Waals surface area contributed by atoms with Gasteiger partial charge in [-0.2, -0.15) is 0 Å². The Kier molecular flexibility index (Phi) is 8.19. The number of nitro benzene ring substituents is 1. The molecular weight excluding hydrogens is 464 g/mol. The lowest BCUT2D eigenvalue weighted by atomic mass is 10.2. The van der Waals surface area contributed by atoms with Crippen molar-refractivity contribution in [2.24, 2.45) is 0 Å². The molecule has 31 heavy (non-hydrogen) atoms. The van der Waals surface area contributed by atoms with E-state index < -0.39 is 4.92 Å². The van der Waals surface area contributed by atoms with Crippen molar-refractivity contribution >= 4 is 27.3 Å². The summed E-state index contributed by atoms with van der Waals surface area (Å²) in [5.41, 5.74) is 2.94. The molecule has 0 unspecified atom stereocenters. The molecule has 9 heteroatoms. The minimum atomic E-state index is -0.410. The van der Waals surface area contributed by atoms with Crippen molar-refractivity contribution in [3.63, 3.8) is 0 Å². The van der Waals surface area contributed by atoms with Crippen molar-refractivity contribution in [1.82, 2.24) is 10.3 Å². The molecule has 3 rings (SSSR count). The highest BCUT2D eigenvalue weighted by Crippen LogP contribution is 2.37. The van der Waals surface area contributed by atoms with E-state index in [1.54, 1.807) is 31.6 Å². The van der Waals surface area contributed by atoms with E-state index in [-0.39, 0.29) is 5.69 Å². The Hall–Kier alpha value is -3.17. The summed E-state index contributed by atoms with van der Waals surface area (Å²) < 4.78 is 12.3. The minimum absolute atomic E-state index is 0.0797. The van der Waals surface area contributed by atoms with E-state index in [0.717, 1.165) is 27.8 Å². The molecule has 0 aliphatic heterocycles. The second-order valence-electron chi connectivity index (χ2n) is 6.67. The van der Waals surface area contributed by atoms with Crippen LogP contribution in [-0.4, -0.2) is 30.1 Å². The summed E-state index contributed by atoms with van der Waals surface area (Å²) in [6.07, 6.45) is 3.49. The molecule has 2 N–H and O–H groups in total. The van der Waals surface area contributed by atoms with Crippen molar-refractivity contribution in [3.05, 3.63) is 86.6 Å². The normalized spacial score (nSPS) is 10.5. The number of non-ortho nitro benzene ring substituents is 1. The van der Waals surface area contributed by atoms with Gasteiger partial charge in [-0.1, -0.05) is 6.07 Å². The van der Waals surface area contributed by atoms with Gasteiger partial charge in [-0.25, -0.2) is 0 Å². The maximum absolute atomic E-state index is 10.7. The molecule has 0 saturated carbocycles. The third-order valence-electron chi connectivity index (χ3n) is 4.43. The van der Waals surface area contributed by atoms with Gasteiger partial charge in [0.1, 0.15) is 6.61 Å². The summed E-state index contributed by atoms with van der Waals surface area (Å²) in [4.78, 5) is 14.4. The summed E-state index contributed by atoms with van der Waals surface area (Å²) >= 11 is 3.57. The summed E-state index contributed by atoms with van der Waals surface area (Å²) in [6, 6.07) is 14.1. The SMILES string of the molecule is COc1cc(CNCCNc2ccc([N+](=O)[O-])cc2)cc(Br)c1OCc1cccnc1. The highest BCUT2D eigenvalue weighted by molar-refractivity contribution is 9.10. The van der Waals surface area contributed by atoms with Crippen LogP contribution in [0.1, 0.15) is 11.1 Å². The van der Waals surface area contributed by atoms with Crippen LogP contribution in [0, 0.1) is 10.1 Å². The van der Waals surface area contributed by atoms with E-state index >= 15 is 0 Å². The first-order valence-electron chi connectivity index (χ1n) is 9.64. The lowest BCUT2D eigenvalue weighted by Gasteiger charge is -2.15. The Morgan fingerprint density at radius 3 is 2.61 bits per heavy atom. The summed E-state index contributed by atoms with van der Waals surface area (Å²) in [5, 5.41) is 17.3. The predicted molar refractivity (Wildman–Crippen MR) is 123 cm³/mol. The van der Waals surface area contributed by atoms with Crippen LogP contribution in [0.2, 0.25) is 0 Å². The molecule has 0 spiro atoms. The smallest absolute Gasteiger partial charge is 0.269 e. The van der Waals surface area contributed by atoms with Crippen LogP contribution < -0.4 is 20.1 Å². The van der Waals surface area contributed by atoms with E-state index in [9.17, 15) is 10.1 Å². The van der Waals surface area contributed by atoms with Gasteiger partial charge >= 0.3 is 0 Å². The number of nitro groups is 1. The van der Waals surface area contributed by atoms with Crippen molar-refractivity contribution in [2.45, 2.75) is 13.2 Å². The summed E-state index contributed by atoms with van der Waals surface area (Å²) in [6.45, 7) is 2.45.